The van der Waals surface area contributed by atoms with Gasteiger partial charge in [-0.1, -0.05) is 0 Å². The van der Waals surface area contributed by atoms with Crippen molar-refractivity contribution in [1.82, 2.24) is 14.5 Å². The number of ether oxygens (including phenoxy) is 1. The highest BCUT2D eigenvalue weighted by molar-refractivity contribution is 7.71. The minimum atomic E-state index is 0.135. The van der Waals surface area contributed by atoms with Crippen molar-refractivity contribution >= 4 is 34.7 Å². The summed E-state index contributed by atoms with van der Waals surface area (Å²) in [4.78, 5) is 10.4. The van der Waals surface area contributed by atoms with Crippen LogP contribution in [0.2, 0.25) is 0 Å². The highest BCUT2D eigenvalue weighted by Gasteiger charge is 2.18. The zero-order valence-electron chi connectivity index (χ0n) is 12.4. The van der Waals surface area contributed by atoms with Crippen LogP contribution in [0.25, 0.3) is 11.2 Å². The number of H-pyrrole nitrogens is 1. The summed E-state index contributed by atoms with van der Waals surface area (Å²) < 4.78 is 7.97. The van der Waals surface area contributed by atoms with Crippen LogP contribution < -0.4 is 4.74 Å². The summed E-state index contributed by atoms with van der Waals surface area (Å²) in [6.45, 7) is 6.43. The quantitative estimate of drug-likeness (QED) is 0.728. The van der Waals surface area contributed by atoms with Gasteiger partial charge < -0.3 is 9.72 Å². The van der Waals surface area contributed by atoms with E-state index in [0.717, 1.165) is 11.2 Å². The predicted molar refractivity (Wildman–Crippen MR) is 89.1 cm³/mol. The van der Waals surface area contributed by atoms with Gasteiger partial charge in [0.25, 0.3) is 0 Å². The van der Waals surface area contributed by atoms with Crippen LogP contribution in [0.1, 0.15) is 28.3 Å². The zero-order valence-corrected chi connectivity index (χ0v) is 14.1. The maximum absolute atomic E-state index is 5.49. The van der Waals surface area contributed by atoms with Crippen LogP contribution in [-0.4, -0.2) is 21.6 Å². The van der Waals surface area contributed by atoms with Gasteiger partial charge >= 0.3 is 0 Å². The van der Waals surface area contributed by atoms with Crippen molar-refractivity contribution in [2.45, 2.75) is 26.8 Å². The fourth-order valence-electron chi connectivity index (χ4n) is 2.66. The Kier molecular flexibility index (Phi) is 3.59. The SMILES string of the molecule is COc1ccc2[nH]c(=S)n(C(C)c3cc(C)sc3C)c2n1. The number of methoxy groups -OCH3 is 1. The largest absolute Gasteiger partial charge is 0.481 e. The number of nitrogens with zero attached hydrogens (tertiary/aromatic N) is 2. The average Bonchev–Trinajstić information content (AvgIpc) is 2.95. The molecule has 0 saturated carbocycles. The predicted octanol–water partition coefficient (Wildman–Crippen LogP) is 4.39. The van der Waals surface area contributed by atoms with Gasteiger partial charge in [-0.05, 0) is 50.7 Å². The monoisotopic (exact) mass is 319 g/mol. The number of thiophene rings is 1. The van der Waals surface area contributed by atoms with Gasteiger partial charge in [0.1, 0.15) is 0 Å². The van der Waals surface area contributed by atoms with E-state index in [1.807, 2.05) is 23.5 Å². The first-order valence-electron chi connectivity index (χ1n) is 6.73. The van der Waals surface area contributed by atoms with Crippen molar-refractivity contribution < 1.29 is 4.74 Å². The van der Waals surface area contributed by atoms with Crippen molar-refractivity contribution in [1.29, 1.82) is 0 Å². The molecule has 0 amide bonds. The van der Waals surface area contributed by atoms with Crippen molar-refractivity contribution in [2.24, 2.45) is 0 Å². The van der Waals surface area contributed by atoms with E-state index in [4.69, 9.17) is 17.0 Å². The Morgan fingerprint density at radius 2 is 2.14 bits per heavy atom. The first-order valence-corrected chi connectivity index (χ1v) is 7.96. The summed E-state index contributed by atoms with van der Waals surface area (Å²) in [5.74, 6) is 0.593. The van der Waals surface area contributed by atoms with E-state index in [2.05, 4.69) is 41.4 Å². The Morgan fingerprint density at radius 3 is 2.76 bits per heavy atom. The molecule has 4 nitrogen and oxygen atoms in total. The second kappa shape index (κ2) is 5.27. The van der Waals surface area contributed by atoms with Gasteiger partial charge in [-0.2, -0.15) is 4.98 Å². The van der Waals surface area contributed by atoms with Gasteiger partial charge in [-0.15, -0.1) is 11.3 Å². The molecule has 0 aliphatic heterocycles. The molecule has 0 aliphatic carbocycles. The van der Waals surface area contributed by atoms with E-state index in [9.17, 15) is 0 Å². The molecule has 1 unspecified atom stereocenters. The van der Waals surface area contributed by atoms with Crippen LogP contribution in [0.15, 0.2) is 18.2 Å². The highest BCUT2D eigenvalue weighted by Crippen LogP contribution is 2.31. The lowest BCUT2D eigenvalue weighted by Gasteiger charge is -2.14. The fraction of sp³-hybridized carbons (Fsp3) is 0.333. The summed E-state index contributed by atoms with van der Waals surface area (Å²) in [6, 6.07) is 6.15. The maximum atomic E-state index is 5.49. The Balaban J connectivity index is 2.21. The first-order chi connectivity index (χ1) is 10.0. The third-order valence-corrected chi connectivity index (χ3v) is 4.94. The molecule has 3 aromatic heterocycles. The lowest BCUT2D eigenvalue weighted by molar-refractivity contribution is 0.398. The van der Waals surface area contributed by atoms with Crippen molar-refractivity contribution in [2.75, 3.05) is 7.11 Å². The molecule has 6 heteroatoms. The molecular formula is C15H17N3OS2. The number of rotatable bonds is 3. The number of aromatic amines is 1. The number of imidazole rings is 1. The smallest absolute Gasteiger partial charge is 0.215 e. The van der Waals surface area contributed by atoms with Gasteiger partial charge in [0.05, 0.1) is 18.7 Å². The Morgan fingerprint density at radius 1 is 1.38 bits per heavy atom. The molecule has 0 spiro atoms. The highest BCUT2D eigenvalue weighted by atomic mass is 32.1. The lowest BCUT2D eigenvalue weighted by Crippen LogP contribution is -2.08. The minimum Gasteiger partial charge on any atom is -0.481 e. The van der Waals surface area contributed by atoms with Crippen molar-refractivity contribution in [3.63, 3.8) is 0 Å². The summed E-state index contributed by atoms with van der Waals surface area (Å²) in [7, 11) is 1.62. The van der Waals surface area contributed by atoms with E-state index in [-0.39, 0.29) is 6.04 Å². The molecule has 0 fully saturated rings. The Hall–Kier alpha value is -1.66. The molecular weight excluding hydrogens is 302 g/mol. The van der Waals surface area contributed by atoms with Gasteiger partial charge in [-0.3, -0.25) is 4.57 Å². The van der Waals surface area contributed by atoms with Gasteiger partial charge in [-0.25, -0.2) is 0 Å². The average molecular weight is 319 g/mol. The number of aryl methyl sites for hydroxylation is 2. The van der Waals surface area contributed by atoms with Gasteiger partial charge in [0.2, 0.25) is 5.88 Å². The van der Waals surface area contributed by atoms with E-state index >= 15 is 0 Å². The van der Waals surface area contributed by atoms with E-state index < -0.39 is 0 Å². The van der Waals surface area contributed by atoms with Crippen LogP contribution in [0.4, 0.5) is 0 Å². The molecule has 3 heterocycles. The molecule has 3 aromatic rings. The molecule has 110 valence electrons. The molecule has 21 heavy (non-hydrogen) atoms. The van der Waals surface area contributed by atoms with E-state index in [1.54, 1.807) is 7.11 Å². The van der Waals surface area contributed by atoms with Crippen LogP contribution in [0.5, 0.6) is 5.88 Å². The summed E-state index contributed by atoms with van der Waals surface area (Å²) in [5.41, 5.74) is 3.05. The van der Waals surface area contributed by atoms with Crippen LogP contribution in [-0.2, 0) is 0 Å². The van der Waals surface area contributed by atoms with Crippen molar-refractivity contribution in [3.8, 4) is 5.88 Å². The number of hydrogen-bond acceptors (Lipinski definition) is 4. The zero-order chi connectivity index (χ0) is 15.1. The third-order valence-electron chi connectivity index (χ3n) is 3.66. The number of aromatic nitrogens is 3. The molecule has 3 rings (SSSR count). The second-order valence-corrected chi connectivity index (χ2v) is 6.92. The van der Waals surface area contributed by atoms with Crippen LogP contribution in [0.3, 0.4) is 0 Å². The van der Waals surface area contributed by atoms with Gasteiger partial charge in [0.15, 0.2) is 10.4 Å². The molecule has 0 aromatic carbocycles. The normalized spacial score (nSPS) is 12.8. The lowest BCUT2D eigenvalue weighted by atomic mass is 10.1. The number of pyridine rings is 1. The number of fused-ring (bicyclic) bond motifs is 1. The molecule has 0 radical (unpaired) electrons. The molecule has 0 saturated heterocycles. The molecule has 1 atom stereocenters. The first kappa shape index (κ1) is 14.3. The standard InChI is InChI=1S/C15H17N3OS2/c1-8-7-11(10(3)21-8)9(2)18-14-12(16-15(18)20)5-6-13(17-14)19-4/h5-7,9H,1-4H3,(H,16,20). The molecule has 0 bridgehead atoms. The Bertz CT molecular complexity index is 860. The van der Waals surface area contributed by atoms with E-state index in [0.29, 0.717) is 10.7 Å². The number of hydrogen-bond donors (Lipinski definition) is 1. The number of nitrogens with one attached hydrogen (secondary N) is 1. The van der Waals surface area contributed by atoms with Crippen LogP contribution in [0, 0.1) is 18.6 Å². The molecule has 1 N–H and O–H groups in total. The Labute approximate surface area is 132 Å². The van der Waals surface area contributed by atoms with Gasteiger partial charge in [0, 0.05) is 15.8 Å². The third kappa shape index (κ3) is 2.38. The molecule has 0 aliphatic rings. The van der Waals surface area contributed by atoms with Crippen LogP contribution >= 0.6 is 23.6 Å². The topological polar surface area (TPSA) is 42.8 Å². The summed E-state index contributed by atoms with van der Waals surface area (Å²) in [5, 5.41) is 0. The maximum Gasteiger partial charge on any atom is 0.215 e. The minimum absolute atomic E-state index is 0.135. The summed E-state index contributed by atoms with van der Waals surface area (Å²) >= 11 is 7.30. The summed E-state index contributed by atoms with van der Waals surface area (Å²) in [6.07, 6.45) is 0. The van der Waals surface area contributed by atoms with E-state index in [1.165, 1.54) is 15.3 Å². The fourth-order valence-corrected chi connectivity index (χ4v) is 4.03. The second-order valence-electron chi connectivity index (χ2n) is 5.07. The van der Waals surface area contributed by atoms with Crippen molar-refractivity contribution in [3.05, 3.63) is 38.3 Å².